The number of carbonyl (C=O) groups excluding carboxylic acids is 1. The second kappa shape index (κ2) is 5.57. The van der Waals surface area contributed by atoms with Gasteiger partial charge in [0.15, 0.2) is 0 Å². The monoisotopic (exact) mass is 260 g/mol. The molecule has 0 heterocycles. The van der Waals surface area contributed by atoms with Gasteiger partial charge in [0.2, 0.25) is 5.91 Å². The first-order chi connectivity index (χ1) is 7.50. The Morgan fingerprint density at radius 1 is 1.35 bits per heavy atom. The average Bonchev–Trinajstić information content (AvgIpc) is 2.78. The molecule has 0 aromatic carbocycles. The lowest BCUT2D eigenvalue weighted by molar-refractivity contribution is -0.123. The fraction of sp³-hybridized carbons (Fsp3) is 0.923. The van der Waals surface area contributed by atoms with Crippen LogP contribution in [-0.2, 0) is 4.79 Å². The zero-order valence-electron chi connectivity index (χ0n) is 10.9. The molecular formula is C13H25ClN2O. The van der Waals surface area contributed by atoms with Gasteiger partial charge in [-0.1, -0.05) is 6.42 Å². The van der Waals surface area contributed by atoms with Crippen molar-refractivity contribution in [2.45, 2.75) is 51.5 Å². The van der Waals surface area contributed by atoms with Crippen LogP contribution in [0.3, 0.4) is 0 Å². The number of hydrogen-bond acceptors (Lipinski definition) is 2. The summed E-state index contributed by atoms with van der Waals surface area (Å²) >= 11 is 0. The Balaban J connectivity index is 0.00000144. The van der Waals surface area contributed by atoms with E-state index in [1.807, 2.05) is 13.8 Å². The van der Waals surface area contributed by atoms with Crippen LogP contribution in [0.4, 0.5) is 0 Å². The molecule has 2 fully saturated rings. The molecule has 0 aromatic rings. The molecule has 4 heteroatoms. The predicted molar refractivity (Wildman–Crippen MR) is 72.1 cm³/mol. The Morgan fingerprint density at radius 3 is 2.53 bits per heavy atom. The highest BCUT2D eigenvalue weighted by molar-refractivity contribution is 5.85. The maximum absolute atomic E-state index is 11.9. The lowest BCUT2D eigenvalue weighted by Crippen LogP contribution is -2.49. The van der Waals surface area contributed by atoms with Gasteiger partial charge in [-0.15, -0.1) is 12.4 Å². The molecule has 3 atom stereocenters. The van der Waals surface area contributed by atoms with E-state index in [2.05, 4.69) is 5.32 Å². The Labute approximate surface area is 110 Å². The fourth-order valence-electron chi connectivity index (χ4n) is 3.34. The van der Waals surface area contributed by atoms with Gasteiger partial charge in [-0.05, 0) is 50.9 Å². The van der Waals surface area contributed by atoms with Gasteiger partial charge in [0.1, 0.15) is 0 Å². The van der Waals surface area contributed by atoms with E-state index in [1.165, 1.54) is 25.7 Å². The number of nitrogens with two attached hydrogens (primary N) is 1. The van der Waals surface area contributed by atoms with Crippen LogP contribution in [-0.4, -0.2) is 18.0 Å². The van der Waals surface area contributed by atoms with E-state index in [0.717, 1.165) is 11.8 Å². The lowest BCUT2D eigenvalue weighted by Gasteiger charge is -2.27. The average molecular weight is 261 g/mol. The third kappa shape index (κ3) is 3.59. The van der Waals surface area contributed by atoms with Crippen molar-refractivity contribution in [1.82, 2.24) is 5.32 Å². The zero-order chi connectivity index (χ0) is 11.8. The Hall–Kier alpha value is -0.280. The number of nitrogens with one attached hydrogen (secondary N) is 1. The van der Waals surface area contributed by atoms with E-state index < -0.39 is 0 Å². The van der Waals surface area contributed by atoms with E-state index >= 15 is 0 Å². The summed E-state index contributed by atoms with van der Waals surface area (Å²) in [6.07, 6.45) is 6.12. The van der Waals surface area contributed by atoms with Crippen LogP contribution in [0.15, 0.2) is 0 Å². The van der Waals surface area contributed by atoms with Gasteiger partial charge in [-0.25, -0.2) is 0 Å². The first kappa shape index (κ1) is 14.8. The van der Waals surface area contributed by atoms with Gasteiger partial charge in [0, 0.05) is 18.5 Å². The van der Waals surface area contributed by atoms with Crippen molar-refractivity contribution in [3.05, 3.63) is 0 Å². The van der Waals surface area contributed by atoms with Crippen molar-refractivity contribution in [1.29, 1.82) is 0 Å². The molecule has 2 rings (SSSR count). The van der Waals surface area contributed by atoms with Crippen LogP contribution >= 0.6 is 12.4 Å². The van der Waals surface area contributed by atoms with Gasteiger partial charge in [-0.2, -0.15) is 0 Å². The van der Waals surface area contributed by atoms with Crippen LogP contribution in [0.1, 0.15) is 46.0 Å². The highest BCUT2D eigenvalue weighted by Gasteiger charge is 2.40. The van der Waals surface area contributed by atoms with Crippen molar-refractivity contribution < 1.29 is 4.79 Å². The number of hydrogen-bond donors (Lipinski definition) is 2. The standard InChI is InChI=1S/C13H24N2O.ClH/c1-13(2,8-14)15-12(16)7-11-6-9-3-4-10(11)5-9;/h9-11H,3-8,14H2,1-2H3,(H,15,16);1H. The van der Waals surface area contributed by atoms with Gasteiger partial charge >= 0.3 is 0 Å². The summed E-state index contributed by atoms with van der Waals surface area (Å²) in [7, 11) is 0. The van der Waals surface area contributed by atoms with E-state index in [4.69, 9.17) is 5.73 Å². The summed E-state index contributed by atoms with van der Waals surface area (Å²) in [4.78, 5) is 11.9. The molecule has 0 aliphatic heterocycles. The number of amides is 1. The Kier molecular flexibility index (Phi) is 4.85. The number of rotatable bonds is 4. The molecule has 3 nitrogen and oxygen atoms in total. The molecule has 0 radical (unpaired) electrons. The summed E-state index contributed by atoms with van der Waals surface area (Å²) in [6.45, 7) is 4.45. The highest BCUT2D eigenvalue weighted by atomic mass is 35.5. The molecule has 3 N–H and O–H groups in total. The molecule has 1 amide bonds. The lowest BCUT2D eigenvalue weighted by atomic mass is 9.86. The predicted octanol–water partition coefficient (Wildman–Crippen LogP) is 2.09. The number of carbonyl (C=O) groups is 1. The minimum absolute atomic E-state index is 0. The van der Waals surface area contributed by atoms with E-state index in [-0.39, 0.29) is 23.9 Å². The molecule has 17 heavy (non-hydrogen) atoms. The van der Waals surface area contributed by atoms with Gasteiger partial charge in [0.25, 0.3) is 0 Å². The summed E-state index contributed by atoms with van der Waals surface area (Å²) in [5, 5.41) is 3.03. The maximum Gasteiger partial charge on any atom is 0.220 e. The van der Waals surface area contributed by atoms with E-state index in [1.54, 1.807) is 0 Å². The molecule has 100 valence electrons. The molecule has 2 saturated carbocycles. The fourth-order valence-corrected chi connectivity index (χ4v) is 3.34. The molecule has 0 spiro atoms. The number of fused-ring (bicyclic) bond motifs is 2. The molecule has 3 unspecified atom stereocenters. The first-order valence-electron chi connectivity index (χ1n) is 6.51. The van der Waals surface area contributed by atoms with Crippen molar-refractivity contribution in [3.8, 4) is 0 Å². The van der Waals surface area contributed by atoms with Crippen molar-refractivity contribution in [3.63, 3.8) is 0 Å². The first-order valence-corrected chi connectivity index (χ1v) is 6.51. The van der Waals surface area contributed by atoms with Gasteiger partial charge in [-0.3, -0.25) is 4.79 Å². The summed E-state index contributed by atoms with van der Waals surface area (Å²) in [6, 6.07) is 0. The van der Waals surface area contributed by atoms with Crippen LogP contribution in [0, 0.1) is 17.8 Å². The molecule has 0 aromatic heterocycles. The van der Waals surface area contributed by atoms with Crippen LogP contribution in [0.5, 0.6) is 0 Å². The Bertz CT molecular complexity index is 281. The second-order valence-corrected chi connectivity index (χ2v) is 6.28. The quantitative estimate of drug-likeness (QED) is 0.813. The van der Waals surface area contributed by atoms with Crippen molar-refractivity contribution in [2.24, 2.45) is 23.5 Å². The minimum atomic E-state index is -0.255. The molecule has 2 bridgehead atoms. The number of halogens is 1. The summed E-state index contributed by atoms with van der Waals surface area (Å²) in [5.74, 6) is 2.59. The van der Waals surface area contributed by atoms with E-state index in [9.17, 15) is 4.79 Å². The molecule has 0 saturated heterocycles. The van der Waals surface area contributed by atoms with Gasteiger partial charge < -0.3 is 11.1 Å². The smallest absolute Gasteiger partial charge is 0.220 e. The Morgan fingerprint density at radius 2 is 2.06 bits per heavy atom. The minimum Gasteiger partial charge on any atom is -0.350 e. The maximum atomic E-state index is 11.9. The molecular weight excluding hydrogens is 236 g/mol. The molecule has 2 aliphatic carbocycles. The largest absolute Gasteiger partial charge is 0.350 e. The topological polar surface area (TPSA) is 55.1 Å². The zero-order valence-corrected chi connectivity index (χ0v) is 11.7. The van der Waals surface area contributed by atoms with Crippen molar-refractivity contribution >= 4 is 18.3 Å². The molecule has 2 aliphatic rings. The third-order valence-corrected chi connectivity index (χ3v) is 4.32. The van der Waals surface area contributed by atoms with Crippen LogP contribution < -0.4 is 11.1 Å². The van der Waals surface area contributed by atoms with Gasteiger partial charge in [0.05, 0.1) is 0 Å². The SMILES string of the molecule is CC(C)(CN)NC(=O)CC1CC2CCC1C2.Cl. The summed E-state index contributed by atoms with van der Waals surface area (Å²) < 4.78 is 0. The second-order valence-electron chi connectivity index (χ2n) is 6.28. The normalized spacial score (nSPS) is 31.1. The summed E-state index contributed by atoms with van der Waals surface area (Å²) in [5.41, 5.74) is 5.35. The van der Waals surface area contributed by atoms with Crippen LogP contribution in [0.2, 0.25) is 0 Å². The van der Waals surface area contributed by atoms with E-state index in [0.29, 0.717) is 18.9 Å². The third-order valence-electron chi connectivity index (χ3n) is 4.32. The van der Waals surface area contributed by atoms with Crippen molar-refractivity contribution in [2.75, 3.05) is 6.54 Å². The highest BCUT2D eigenvalue weighted by Crippen LogP contribution is 2.49. The van der Waals surface area contributed by atoms with Crippen LogP contribution in [0.25, 0.3) is 0 Å².